The Morgan fingerprint density at radius 1 is 1.10 bits per heavy atom. The molecule has 0 fully saturated rings. The summed E-state index contributed by atoms with van der Waals surface area (Å²) in [6.45, 7) is 4.34. The lowest BCUT2D eigenvalue weighted by atomic mass is 10.1. The van der Waals surface area contributed by atoms with E-state index in [-0.39, 0.29) is 6.04 Å². The van der Waals surface area contributed by atoms with Crippen molar-refractivity contribution in [3.63, 3.8) is 0 Å². The van der Waals surface area contributed by atoms with Gasteiger partial charge in [0.2, 0.25) is 0 Å². The molecule has 1 rings (SSSR count). The molecule has 1 unspecified atom stereocenters. The van der Waals surface area contributed by atoms with Gasteiger partial charge in [-0.05, 0) is 19.4 Å². The maximum absolute atomic E-state index is 5.93. The van der Waals surface area contributed by atoms with E-state index in [0.29, 0.717) is 26.4 Å². The van der Waals surface area contributed by atoms with Gasteiger partial charge in [-0.2, -0.15) is 0 Å². The fourth-order valence-electron chi connectivity index (χ4n) is 1.76. The quantitative estimate of drug-likeness (QED) is 0.667. The fraction of sp³-hybridized carbons (Fsp3) is 0.600. The fourth-order valence-corrected chi connectivity index (χ4v) is 1.76. The number of rotatable bonds is 10. The van der Waals surface area contributed by atoms with Crippen LogP contribution in [0.4, 0.5) is 0 Å². The molecule has 0 aromatic heterocycles. The molecule has 2 N–H and O–H groups in total. The Kier molecular flexibility index (Phi) is 8.02. The predicted octanol–water partition coefficient (Wildman–Crippen LogP) is 2.15. The van der Waals surface area contributed by atoms with Gasteiger partial charge in [-0.25, -0.2) is 0 Å². The maximum Gasteiger partial charge on any atom is 0.127 e. The lowest BCUT2D eigenvalue weighted by Crippen LogP contribution is -2.12. The van der Waals surface area contributed by atoms with Crippen LogP contribution in [-0.4, -0.2) is 40.6 Å². The number of hydrogen-bond acceptors (Lipinski definition) is 5. The van der Waals surface area contributed by atoms with E-state index in [1.165, 1.54) is 0 Å². The first kappa shape index (κ1) is 16.8. The van der Waals surface area contributed by atoms with Gasteiger partial charge in [0, 0.05) is 38.0 Å². The molecular formula is C15H25NO4. The molecule has 0 radical (unpaired) electrons. The number of methoxy groups -OCH3 is 2. The van der Waals surface area contributed by atoms with Crippen molar-refractivity contribution in [3.8, 4) is 11.5 Å². The highest BCUT2D eigenvalue weighted by molar-refractivity contribution is 5.42. The molecule has 0 saturated heterocycles. The average molecular weight is 283 g/mol. The highest BCUT2D eigenvalue weighted by atomic mass is 16.5. The van der Waals surface area contributed by atoms with Gasteiger partial charge >= 0.3 is 0 Å². The third kappa shape index (κ3) is 5.77. The largest absolute Gasteiger partial charge is 0.497 e. The van der Waals surface area contributed by atoms with E-state index < -0.39 is 0 Å². The van der Waals surface area contributed by atoms with Crippen LogP contribution in [0.25, 0.3) is 0 Å². The van der Waals surface area contributed by atoms with Crippen molar-refractivity contribution in [1.82, 2.24) is 0 Å². The standard InChI is InChI=1S/C15H25NO4/c1-12(16)14-6-5-13(18-3)11-15(14)20-10-9-19-8-4-7-17-2/h5-6,11-12H,4,7-10,16H2,1-3H3. The van der Waals surface area contributed by atoms with Gasteiger partial charge in [0.1, 0.15) is 18.1 Å². The Morgan fingerprint density at radius 2 is 1.90 bits per heavy atom. The number of hydrogen-bond donors (Lipinski definition) is 1. The zero-order valence-corrected chi connectivity index (χ0v) is 12.6. The van der Waals surface area contributed by atoms with Crippen LogP contribution >= 0.6 is 0 Å². The summed E-state index contributed by atoms with van der Waals surface area (Å²) in [4.78, 5) is 0. The normalized spacial score (nSPS) is 12.2. The second-order valence-corrected chi connectivity index (χ2v) is 4.50. The van der Waals surface area contributed by atoms with Crippen molar-refractivity contribution in [3.05, 3.63) is 23.8 Å². The minimum atomic E-state index is -0.0847. The number of nitrogens with two attached hydrogens (primary N) is 1. The summed E-state index contributed by atoms with van der Waals surface area (Å²) in [7, 11) is 3.31. The minimum Gasteiger partial charge on any atom is -0.497 e. The number of ether oxygens (including phenoxy) is 4. The summed E-state index contributed by atoms with van der Waals surface area (Å²) in [6.07, 6.45) is 0.890. The molecule has 20 heavy (non-hydrogen) atoms. The van der Waals surface area contributed by atoms with Crippen molar-refractivity contribution in [2.45, 2.75) is 19.4 Å². The topological polar surface area (TPSA) is 62.9 Å². The molecule has 0 bridgehead atoms. The molecule has 5 heteroatoms. The predicted molar refractivity (Wildman–Crippen MR) is 78.4 cm³/mol. The van der Waals surface area contributed by atoms with E-state index >= 15 is 0 Å². The Bertz CT molecular complexity index is 382. The molecule has 1 aromatic carbocycles. The van der Waals surface area contributed by atoms with E-state index in [1.54, 1.807) is 14.2 Å². The lowest BCUT2D eigenvalue weighted by molar-refractivity contribution is 0.0803. The van der Waals surface area contributed by atoms with Gasteiger partial charge in [0.15, 0.2) is 0 Å². The van der Waals surface area contributed by atoms with Crippen molar-refractivity contribution < 1.29 is 18.9 Å². The van der Waals surface area contributed by atoms with Gasteiger partial charge in [-0.15, -0.1) is 0 Å². The van der Waals surface area contributed by atoms with Gasteiger partial charge in [0.05, 0.1) is 13.7 Å². The lowest BCUT2D eigenvalue weighted by Gasteiger charge is -2.15. The molecular weight excluding hydrogens is 258 g/mol. The van der Waals surface area contributed by atoms with Crippen LogP contribution in [0.5, 0.6) is 11.5 Å². The summed E-state index contributed by atoms with van der Waals surface area (Å²) >= 11 is 0. The third-order valence-corrected chi connectivity index (χ3v) is 2.83. The van der Waals surface area contributed by atoms with Crippen LogP contribution in [0.15, 0.2) is 18.2 Å². The Balaban J connectivity index is 2.41. The van der Waals surface area contributed by atoms with E-state index in [2.05, 4.69) is 0 Å². The van der Waals surface area contributed by atoms with E-state index in [1.807, 2.05) is 25.1 Å². The molecule has 0 amide bonds. The maximum atomic E-state index is 5.93. The number of benzene rings is 1. The first-order valence-electron chi connectivity index (χ1n) is 6.82. The average Bonchev–Trinajstić information content (AvgIpc) is 2.45. The molecule has 1 aromatic rings. The van der Waals surface area contributed by atoms with Crippen LogP contribution < -0.4 is 15.2 Å². The van der Waals surface area contributed by atoms with Crippen molar-refractivity contribution in [2.24, 2.45) is 5.73 Å². The molecule has 0 heterocycles. The van der Waals surface area contributed by atoms with E-state index in [4.69, 9.17) is 24.7 Å². The SMILES string of the molecule is COCCCOCCOc1cc(OC)ccc1C(C)N. The molecule has 0 saturated carbocycles. The molecule has 5 nitrogen and oxygen atoms in total. The van der Waals surface area contributed by atoms with Crippen molar-refractivity contribution in [1.29, 1.82) is 0 Å². The Hall–Kier alpha value is -1.30. The summed E-state index contributed by atoms with van der Waals surface area (Å²) in [5.41, 5.74) is 6.89. The summed E-state index contributed by atoms with van der Waals surface area (Å²) < 4.78 is 21.3. The summed E-state index contributed by atoms with van der Waals surface area (Å²) in [5.74, 6) is 1.50. The highest BCUT2D eigenvalue weighted by Crippen LogP contribution is 2.28. The van der Waals surface area contributed by atoms with Crippen LogP contribution in [0.3, 0.4) is 0 Å². The zero-order chi connectivity index (χ0) is 14.8. The van der Waals surface area contributed by atoms with Crippen molar-refractivity contribution in [2.75, 3.05) is 40.6 Å². The highest BCUT2D eigenvalue weighted by Gasteiger charge is 2.09. The second kappa shape index (κ2) is 9.58. The van der Waals surface area contributed by atoms with Gasteiger partial charge < -0.3 is 24.7 Å². The summed E-state index contributed by atoms with van der Waals surface area (Å²) in [6, 6.07) is 5.58. The Morgan fingerprint density at radius 3 is 2.55 bits per heavy atom. The molecule has 0 aliphatic carbocycles. The molecule has 0 aliphatic rings. The van der Waals surface area contributed by atoms with Crippen LogP contribution in [0.2, 0.25) is 0 Å². The molecule has 1 atom stereocenters. The van der Waals surface area contributed by atoms with Crippen LogP contribution in [0, 0.1) is 0 Å². The van der Waals surface area contributed by atoms with Crippen molar-refractivity contribution >= 4 is 0 Å². The Labute approximate surface area is 121 Å². The monoisotopic (exact) mass is 283 g/mol. The molecule has 114 valence electrons. The summed E-state index contributed by atoms with van der Waals surface area (Å²) in [5, 5.41) is 0. The van der Waals surface area contributed by atoms with Crippen LogP contribution in [-0.2, 0) is 9.47 Å². The first-order chi connectivity index (χ1) is 9.69. The van der Waals surface area contributed by atoms with Gasteiger partial charge in [-0.3, -0.25) is 0 Å². The first-order valence-corrected chi connectivity index (χ1v) is 6.82. The van der Waals surface area contributed by atoms with E-state index in [0.717, 1.165) is 23.5 Å². The molecule has 0 aliphatic heterocycles. The smallest absolute Gasteiger partial charge is 0.127 e. The second-order valence-electron chi connectivity index (χ2n) is 4.50. The molecule has 0 spiro atoms. The minimum absolute atomic E-state index is 0.0847. The third-order valence-electron chi connectivity index (χ3n) is 2.83. The van der Waals surface area contributed by atoms with E-state index in [9.17, 15) is 0 Å². The van der Waals surface area contributed by atoms with Gasteiger partial charge in [-0.1, -0.05) is 6.07 Å². The zero-order valence-electron chi connectivity index (χ0n) is 12.6. The van der Waals surface area contributed by atoms with Gasteiger partial charge in [0.25, 0.3) is 0 Å². The van der Waals surface area contributed by atoms with Crippen LogP contribution in [0.1, 0.15) is 24.9 Å².